The number of aryl methyl sites for hydroxylation is 1. The average Bonchev–Trinajstić information content (AvgIpc) is 2.92. The maximum absolute atomic E-state index is 12.0. The zero-order valence-electron chi connectivity index (χ0n) is 12.8. The van der Waals surface area contributed by atoms with E-state index in [0.717, 1.165) is 17.9 Å². The van der Waals surface area contributed by atoms with Crippen molar-refractivity contribution in [2.45, 2.75) is 32.8 Å². The maximum atomic E-state index is 12.0. The van der Waals surface area contributed by atoms with E-state index in [2.05, 4.69) is 5.32 Å². The Labute approximate surface area is 130 Å². The third-order valence-electron chi connectivity index (χ3n) is 4.03. The molecule has 116 valence electrons. The number of carbonyl (C=O) groups is 1. The van der Waals surface area contributed by atoms with Gasteiger partial charge in [0.25, 0.3) is 5.91 Å². The Kier molecular flexibility index (Phi) is 4.47. The minimum atomic E-state index is -0.145. The molecule has 1 aromatic heterocycles. The van der Waals surface area contributed by atoms with Crippen LogP contribution in [0.5, 0.6) is 5.75 Å². The molecule has 0 spiro atoms. The van der Waals surface area contributed by atoms with Gasteiger partial charge in [-0.05, 0) is 55.5 Å². The lowest BCUT2D eigenvalue weighted by molar-refractivity contribution is 0.0907. The van der Waals surface area contributed by atoms with Crippen molar-refractivity contribution >= 4 is 5.91 Å². The fourth-order valence-corrected chi connectivity index (χ4v) is 2.46. The quantitative estimate of drug-likeness (QED) is 0.885. The zero-order chi connectivity index (χ0) is 15.4. The van der Waals surface area contributed by atoms with Gasteiger partial charge in [0, 0.05) is 6.54 Å². The summed E-state index contributed by atoms with van der Waals surface area (Å²) in [5, 5.41) is 2.92. The molecule has 0 unspecified atom stereocenters. The van der Waals surface area contributed by atoms with Crippen LogP contribution in [0.1, 0.15) is 41.1 Å². The number of nitrogens with one attached hydrogen (secondary N) is 1. The molecule has 0 aliphatic heterocycles. The van der Waals surface area contributed by atoms with Crippen LogP contribution in [0.25, 0.3) is 0 Å². The molecule has 1 aromatic carbocycles. The number of carbonyl (C=O) groups excluding carboxylic acids is 1. The molecular weight excluding hydrogens is 278 g/mol. The van der Waals surface area contributed by atoms with E-state index in [1.807, 2.05) is 31.2 Å². The van der Waals surface area contributed by atoms with E-state index in [4.69, 9.17) is 9.15 Å². The zero-order valence-corrected chi connectivity index (χ0v) is 12.8. The minimum Gasteiger partial charge on any atom is -0.486 e. The third kappa shape index (κ3) is 3.70. The van der Waals surface area contributed by atoms with Gasteiger partial charge in [-0.25, -0.2) is 0 Å². The van der Waals surface area contributed by atoms with E-state index >= 15 is 0 Å². The monoisotopic (exact) mass is 299 g/mol. The largest absolute Gasteiger partial charge is 0.486 e. The number of rotatable bonds is 6. The van der Waals surface area contributed by atoms with Gasteiger partial charge < -0.3 is 14.5 Å². The topological polar surface area (TPSA) is 51.5 Å². The summed E-state index contributed by atoms with van der Waals surface area (Å²) < 4.78 is 11.2. The standard InChI is InChI=1S/C18H21NO3/c1-13-4-2-7-15(10-13)21-12-16-8-9-17(22-16)18(20)19-11-14-5-3-6-14/h2,4,7-10,14H,3,5-6,11-12H2,1H3,(H,19,20). The van der Waals surface area contributed by atoms with Gasteiger partial charge in [0.15, 0.2) is 5.76 Å². The Morgan fingerprint density at radius 2 is 2.18 bits per heavy atom. The van der Waals surface area contributed by atoms with E-state index < -0.39 is 0 Å². The van der Waals surface area contributed by atoms with Gasteiger partial charge >= 0.3 is 0 Å². The molecule has 4 nitrogen and oxygen atoms in total. The second-order valence-electron chi connectivity index (χ2n) is 5.88. The lowest BCUT2D eigenvalue weighted by Gasteiger charge is -2.25. The van der Waals surface area contributed by atoms with Crippen LogP contribution in [0.15, 0.2) is 40.8 Å². The summed E-state index contributed by atoms with van der Waals surface area (Å²) in [5.41, 5.74) is 1.15. The summed E-state index contributed by atoms with van der Waals surface area (Å²) in [5.74, 6) is 2.29. The molecule has 1 aliphatic rings. The highest BCUT2D eigenvalue weighted by Crippen LogP contribution is 2.25. The molecule has 1 amide bonds. The lowest BCUT2D eigenvalue weighted by Crippen LogP contribution is -2.31. The summed E-state index contributed by atoms with van der Waals surface area (Å²) >= 11 is 0. The van der Waals surface area contributed by atoms with E-state index in [9.17, 15) is 4.79 Å². The molecule has 1 heterocycles. The van der Waals surface area contributed by atoms with Crippen LogP contribution in [0.3, 0.4) is 0 Å². The summed E-state index contributed by atoms with van der Waals surface area (Å²) in [7, 11) is 0. The Balaban J connectivity index is 1.50. The summed E-state index contributed by atoms with van der Waals surface area (Å²) in [6, 6.07) is 11.3. The fraction of sp³-hybridized carbons (Fsp3) is 0.389. The van der Waals surface area contributed by atoms with Gasteiger partial charge in [-0.2, -0.15) is 0 Å². The molecule has 2 aromatic rings. The van der Waals surface area contributed by atoms with Crippen molar-refractivity contribution in [2.24, 2.45) is 5.92 Å². The van der Waals surface area contributed by atoms with Gasteiger partial charge in [0.05, 0.1) is 0 Å². The highest BCUT2D eigenvalue weighted by atomic mass is 16.5. The second-order valence-corrected chi connectivity index (χ2v) is 5.88. The molecular formula is C18H21NO3. The van der Waals surface area contributed by atoms with Crippen LogP contribution in [0.4, 0.5) is 0 Å². The Hall–Kier alpha value is -2.23. The molecule has 1 fully saturated rings. The molecule has 0 radical (unpaired) electrons. The molecule has 0 bridgehead atoms. The number of hydrogen-bond donors (Lipinski definition) is 1. The van der Waals surface area contributed by atoms with Gasteiger partial charge in [-0.3, -0.25) is 4.79 Å². The van der Waals surface area contributed by atoms with Crippen LogP contribution in [0, 0.1) is 12.8 Å². The SMILES string of the molecule is Cc1cccc(OCc2ccc(C(=O)NCC3CCC3)o2)c1. The highest BCUT2D eigenvalue weighted by molar-refractivity contribution is 5.91. The van der Waals surface area contributed by atoms with E-state index in [0.29, 0.717) is 24.0 Å². The summed E-state index contributed by atoms with van der Waals surface area (Å²) in [4.78, 5) is 12.0. The first-order chi connectivity index (χ1) is 10.7. The van der Waals surface area contributed by atoms with Crippen LogP contribution in [-0.2, 0) is 6.61 Å². The van der Waals surface area contributed by atoms with Crippen molar-refractivity contribution in [1.82, 2.24) is 5.32 Å². The molecule has 4 heteroatoms. The van der Waals surface area contributed by atoms with E-state index in [1.165, 1.54) is 19.3 Å². The number of amides is 1. The molecule has 0 saturated heterocycles. The van der Waals surface area contributed by atoms with Crippen LogP contribution in [0.2, 0.25) is 0 Å². The third-order valence-corrected chi connectivity index (χ3v) is 4.03. The molecule has 1 aliphatic carbocycles. The second kappa shape index (κ2) is 6.69. The molecule has 3 rings (SSSR count). The lowest BCUT2D eigenvalue weighted by atomic mass is 9.85. The fourth-order valence-electron chi connectivity index (χ4n) is 2.46. The summed E-state index contributed by atoms with van der Waals surface area (Å²) in [6.07, 6.45) is 3.71. The molecule has 1 N–H and O–H groups in total. The minimum absolute atomic E-state index is 0.145. The van der Waals surface area contributed by atoms with Crippen molar-refractivity contribution in [2.75, 3.05) is 6.54 Å². The molecule has 22 heavy (non-hydrogen) atoms. The van der Waals surface area contributed by atoms with Crippen molar-refractivity contribution in [3.63, 3.8) is 0 Å². The number of benzene rings is 1. The van der Waals surface area contributed by atoms with Crippen LogP contribution >= 0.6 is 0 Å². The van der Waals surface area contributed by atoms with E-state index in [1.54, 1.807) is 12.1 Å². The smallest absolute Gasteiger partial charge is 0.287 e. The van der Waals surface area contributed by atoms with Crippen molar-refractivity contribution in [3.05, 3.63) is 53.5 Å². The van der Waals surface area contributed by atoms with Crippen LogP contribution < -0.4 is 10.1 Å². The highest BCUT2D eigenvalue weighted by Gasteiger charge is 2.19. The maximum Gasteiger partial charge on any atom is 0.287 e. The number of ether oxygens (including phenoxy) is 1. The van der Waals surface area contributed by atoms with Crippen molar-refractivity contribution in [1.29, 1.82) is 0 Å². The van der Waals surface area contributed by atoms with Gasteiger partial charge in [-0.1, -0.05) is 18.6 Å². The Morgan fingerprint density at radius 3 is 2.91 bits per heavy atom. The Bertz CT molecular complexity index is 643. The first-order valence-corrected chi connectivity index (χ1v) is 7.77. The predicted octanol–water partition coefficient (Wildman–Crippen LogP) is 3.70. The molecule has 0 atom stereocenters. The normalized spacial score (nSPS) is 14.4. The van der Waals surface area contributed by atoms with Gasteiger partial charge in [0.2, 0.25) is 0 Å². The van der Waals surface area contributed by atoms with Crippen molar-refractivity contribution in [3.8, 4) is 5.75 Å². The molecule has 1 saturated carbocycles. The summed E-state index contributed by atoms with van der Waals surface area (Å²) in [6.45, 7) is 3.08. The first-order valence-electron chi connectivity index (χ1n) is 7.77. The number of furan rings is 1. The number of hydrogen-bond acceptors (Lipinski definition) is 3. The van der Waals surface area contributed by atoms with Crippen molar-refractivity contribution < 1.29 is 13.9 Å². The first kappa shape index (κ1) is 14.7. The van der Waals surface area contributed by atoms with Crippen LogP contribution in [-0.4, -0.2) is 12.5 Å². The average molecular weight is 299 g/mol. The van der Waals surface area contributed by atoms with Gasteiger partial charge in [0.1, 0.15) is 18.1 Å². The van der Waals surface area contributed by atoms with Gasteiger partial charge in [-0.15, -0.1) is 0 Å². The van der Waals surface area contributed by atoms with E-state index in [-0.39, 0.29) is 5.91 Å². The predicted molar refractivity (Wildman–Crippen MR) is 83.9 cm³/mol. The Morgan fingerprint density at radius 1 is 1.32 bits per heavy atom.